The molecule has 3 rings (SSSR count). The predicted molar refractivity (Wildman–Crippen MR) is 119 cm³/mol. The highest BCUT2D eigenvalue weighted by Crippen LogP contribution is 2.28. The summed E-state index contributed by atoms with van der Waals surface area (Å²) in [5.74, 6) is -1.16. The van der Waals surface area contributed by atoms with E-state index in [1.165, 1.54) is 6.21 Å². The molecular formula is C21H28FN7O. The molecule has 1 unspecified atom stereocenters. The Morgan fingerprint density at radius 2 is 1.93 bits per heavy atom. The number of hydrogen-bond donors (Lipinski definition) is 6. The monoisotopic (exact) mass is 413 g/mol. The lowest BCUT2D eigenvalue weighted by Gasteiger charge is -2.32. The number of amides is 1. The number of nitrogens with one attached hydrogen (secondary N) is 5. The number of nitrogens with zero attached hydrogens (tertiary/aromatic N) is 1. The summed E-state index contributed by atoms with van der Waals surface area (Å²) >= 11 is 0. The van der Waals surface area contributed by atoms with Gasteiger partial charge in [0.15, 0.2) is 11.6 Å². The first-order valence-electron chi connectivity index (χ1n) is 10.00. The number of nitrogens with two attached hydrogens (primary N) is 1. The minimum atomic E-state index is -0.777. The number of aromatic nitrogens is 1. The topological polar surface area (TPSA) is 128 Å². The van der Waals surface area contributed by atoms with Crippen molar-refractivity contribution in [3.63, 3.8) is 0 Å². The second-order valence-electron chi connectivity index (χ2n) is 7.33. The molecule has 2 atom stereocenters. The molecule has 7 N–H and O–H groups in total. The number of rotatable bonds is 8. The lowest BCUT2D eigenvalue weighted by atomic mass is 9.90. The molecule has 9 heteroatoms. The van der Waals surface area contributed by atoms with E-state index in [0.29, 0.717) is 11.3 Å². The molecule has 0 aliphatic heterocycles. The first-order valence-corrected chi connectivity index (χ1v) is 10.00. The van der Waals surface area contributed by atoms with Crippen LogP contribution in [0.1, 0.15) is 41.6 Å². The van der Waals surface area contributed by atoms with Crippen LogP contribution in [-0.4, -0.2) is 43.3 Å². The summed E-state index contributed by atoms with van der Waals surface area (Å²) in [6.07, 6.45) is 5.32. The molecule has 1 amide bonds. The highest BCUT2D eigenvalue weighted by Gasteiger charge is 2.26. The van der Waals surface area contributed by atoms with Crippen LogP contribution in [0.15, 0.2) is 24.3 Å². The Kier molecular flexibility index (Phi) is 6.83. The van der Waals surface area contributed by atoms with Gasteiger partial charge in [0.25, 0.3) is 5.91 Å². The SMILES string of the molecule is CNc1ccc(Nc2nc(N[C@@H]3CCCCC3NC)c(F)cc2C(N)=O)cc1C=N. The van der Waals surface area contributed by atoms with Crippen LogP contribution in [0, 0.1) is 11.2 Å². The molecular weight excluding hydrogens is 385 g/mol. The van der Waals surface area contributed by atoms with Crippen LogP contribution >= 0.6 is 0 Å². The van der Waals surface area contributed by atoms with Crippen molar-refractivity contribution >= 4 is 35.1 Å². The van der Waals surface area contributed by atoms with Gasteiger partial charge in [-0.2, -0.15) is 0 Å². The standard InChI is InChI=1S/C21H28FN7O/c1-25-16-8-7-13(9-12(16)11-23)27-20-14(19(24)30)10-15(22)21(29-20)28-18-6-4-3-5-17(18)26-2/h7-11,17-18,23,25-26H,3-6H2,1-2H3,(H2,24,30)(H2,27,28,29)/t17?,18-/m1/s1. The number of halogens is 1. The second kappa shape index (κ2) is 9.53. The number of hydrogen-bond acceptors (Lipinski definition) is 7. The maximum absolute atomic E-state index is 14.7. The van der Waals surface area contributed by atoms with E-state index in [1.807, 2.05) is 7.05 Å². The van der Waals surface area contributed by atoms with E-state index in [9.17, 15) is 9.18 Å². The van der Waals surface area contributed by atoms with E-state index in [1.54, 1.807) is 25.2 Å². The number of anilines is 4. The van der Waals surface area contributed by atoms with Gasteiger partial charge in [0, 0.05) is 42.3 Å². The van der Waals surface area contributed by atoms with Crippen molar-refractivity contribution in [3.05, 3.63) is 41.2 Å². The van der Waals surface area contributed by atoms with E-state index in [4.69, 9.17) is 11.1 Å². The van der Waals surface area contributed by atoms with Crippen LogP contribution < -0.4 is 27.0 Å². The fourth-order valence-electron chi connectivity index (χ4n) is 3.82. The van der Waals surface area contributed by atoms with Crippen LogP contribution in [0.3, 0.4) is 0 Å². The zero-order valence-corrected chi connectivity index (χ0v) is 17.2. The second-order valence-corrected chi connectivity index (χ2v) is 7.33. The van der Waals surface area contributed by atoms with E-state index in [2.05, 4.69) is 26.3 Å². The van der Waals surface area contributed by atoms with Crippen molar-refractivity contribution in [2.75, 3.05) is 30.0 Å². The average molecular weight is 414 g/mol. The first-order chi connectivity index (χ1) is 14.5. The van der Waals surface area contributed by atoms with E-state index in [0.717, 1.165) is 37.4 Å². The Bertz CT molecular complexity index is 934. The van der Waals surface area contributed by atoms with Crippen molar-refractivity contribution in [1.82, 2.24) is 10.3 Å². The van der Waals surface area contributed by atoms with E-state index >= 15 is 0 Å². The van der Waals surface area contributed by atoms with Gasteiger partial charge in [0.05, 0.1) is 5.56 Å². The number of benzene rings is 1. The van der Waals surface area contributed by atoms with Crippen LogP contribution in [0.5, 0.6) is 0 Å². The normalized spacial score (nSPS) is 18.5. The molecule has 1 aliphatic carbocycles. The number of likely N-dealkylation sites (N-methyl/N-ethyl adjacent to an activating group) is 1. The van der Waals surface area contributed by atoms with Crippen LogP contribution in [0.4, 0.5) is 27.4 Å². The first kappa shape index (κ1) is 21.5. The largest absolute Gasteiger partial charge is 0.388 e. The van der Waals surface area contributed by atoms with E-state index < -0.39 is 11.7 Å². The third-order valence-corrected chi connectivity index (χ3v) is 5.44. The summed E-state index contributed by atoms with van der Waals surface area (Å²) in [5, 5.41) is 20.1. The van der Waals surface area contributed by atoms with Gasteiger partial charge >= 0.3 is 0 Å². The van der Waals surface area contributed by atoms with Gasteiger partial charge in [0.1, 0.15) is 5.82 Å². The maximum Gasteiger partial charge on any atom is 0.252 e. The number of pyridine rings is 1. The van der Waals surface area contributed by atoms with Crippen molar-refractivity contribution in [3.8, 4) is 0 Å². The molecule has 1 aromatic carbocycles. The summed E-state index contributed by atoms with van der Waals surface area (Å²) in [5.41, 5.74) is 7.46. The number of carbonyl (C=O) groups excluding carboxylic acids is 1. The fourth-order valence-corrected chi connectivity index (χ4v) is 3.82. The maximum atomic E-state index is 14.7. The van der Waals surface area contributed by atoms with Gasteiger partial charge in [0.2, 0.25) is 0 Å². The van der Waals surface area contributed by atoms with Crippen LogP contribution in [-0.2, 0) is 0 Å². The van der Waals surface area contributed by atoms with E-state index in [-0.39, 0.29) is 29.3 Å². The lowest BCUT2D eigenvalue weighted by molar-refractivity contribution is 0.100. The number of primary amides is 1. The molecule has 30 heavy (non-hydrogen) atoms. The third kappa shape index (κ3) is 4.68. The molecule has 1 saturated carbocycles. The summed E-state index contributed by atoms with van der Waals surface area (Å²) in [4.78, 5) is 16.2. The lowest BCUT2D eigenvalue weighted by Crippen LogP contribution is -2.45. The molecule has 160 valence electrons. The molecule has 1 heterocycles. The van der Waals surface area contributed by atoms with Gasteiger partial charge in [-0.15, -0.1) is 0 Å². The summed E-state index contributed by atoms with van der Waals surface area (Å²) < 4.78 is 14.7. The molecule has 1 fully saturated rings. The highest BCUT2D eigenvalue weighted by molar-refractivity contribution is 5.99. The van der Waals surface area contributed by atoms with Crippen molar-refractivity contribution in [2.24, 2.45) is 5.73 Å². The quantitative estimate of drug-likeness (QED) is 0.369. The summed E-state index contributed by atoms with van der Waals surface area (Å²) in [6, 6.07) is 6.68. The highest BCUT2D eigenvalue weighted by atomic mass is 19.1. The van der Waals surface area contributed by atoms with Crippen molar-refractivity contribution in [2.45, 2.75) is 37.8 Å². The zero-order valence-electron chi connectivity index (χ0n) is 17.2. The van der Waals surface area contributed by atoms with Crippen molar-refractivity contribution in [1.29, 1.82) is 5.41 Å². The Balaban J connectivity index is 1.93. The van der Waals surface area contributed by atoms with Gasteiger partial charge in [-0.3, -0.25) is 4.79 Å². The Hall–Kier alpha value is -3.20. The Morgan fingerprint density at radius 3 is 2.57 bits per heavy atom. The molecule has 0 radical (unpaired) electrons. The predicted octanol–water partition coefficient (Wildman–Crippen LogP) is 3.05. The molecule has 0 saturated heterocycles. The summed E-state index contributed by atoms with van der Waals surface area (Å²) in [6.45, 7) is 0. The number of carbonyl (C=O) groups is 1. The fraction of sp³-hybridized carbons (Fsp3) is 0.381. The molecule has 1 aromatic heterocycles. The zero-order chi connectivity index (χ0) is 21.7. The van der Waals surface area contributed by atoms with Crippen molar-refractivity contribution < 1.29 is 9.18 Å². The Labute approximate surface area is 175 Å². The van der Waals surface area contributed by atoms with Gasteiger partial charge in [-0.05, 0) is 44.2 Å². The van der Waals surface area contributed by atoms with Gasteiger partial charge in [-0.25, -0.2) is 9.37 Å². The minimum absolute atomic E-state index is 0.0393. The molecule has 1 aliphatic rings. The van der Waals surface area contributed by atoms with Gasteiger partial charge in [-0.1, -0.05) is 12.8 Å². The average Bonchev–Trinajstić information content (AvgIpc) is 2.75. The third-order valence-electron chi connectivity index (χ3n) is 5.44. The van der Waals surface area contributed by atoms with Crippen LogP contribution in [0.2, 0.25) is 0 Å². The molecule has 0 spiro atoms. The molecule has 0 bridgehead atoms. The summed E-state index contributed by atoms with van der Waals surface area (Å²) in [7, 11) is 3.66. The minimum Gasteiger partial charge on any atom is -0.388 e. The van der Waals surface area contributed by atoms with Crippen LogP contribution in [0.25, 0.3) is 0 Å². The Morgan fingerprint density at radius 1 is 1.20 bits per heavy atom. The molecule has 8 nitrogen and oxygen atoms in total. The smallest absolute Gasteiger partial charge is 0.252 e. The van der Waals surface area contributed by atoms with Gasteiger partial charge < -0.3 is 32.4 Å². The molecule has 2 aromatic rings.